The summed E-state index contributed by atoms with van der Waals surface area (Å²) in [5, 5.41) is 6.07. The summed E-state index contributed by atoms with van der Waals surface area (Å²) in [4.78, 5) is 13.5. The lowest BCUT2D eigenvalue weighted by Gasteiger charge is -2.15. The molecule has 7 nitrogen and oxygen atoms in total. The molecular formula is C26H24N2O5. The zero-order valence-electron chi connectivity index (χ0n) is 18.9. The average molecular weight is 444 g/mol. The number of benzene rings is 3. The van der Waals surface area contributed by atoms with Crippen molar-refractivity contribution in [3.63, 3.8) is 0 Å². The largest absolute Gasteiger partial charge is 0.497 e. The molecule has 1 amide bonds. The van der Waals surface area contributed by atoms with Crippen molar-refractivity contribution < 1.29 is 23.7 Å². The van der Waals surface area contributed by atoms with Crippen LogP contribution in [0.3, 0.4) is 0 Å². The van der Waals surface area contributed by atoms with Gasteiger partial charge in [-0.05, 0) is 54.6 Å². The Bertz CT molecular complexity index is 1220. The van der Waals surface area contributed by atoms with E-state index in [9.17, 15) is 4.79 Å². The fourth-order valence-electron chi connectivity index (χ4n) is 3.64. The second-order valence-electron chi connectivity index (χ2n) is 7.11. The summed E-state index contributed by atoms with van der Waals surface area (Å²) in [7, 11) is 6.25. The van der Waals surface area contributed by atoms with Gasteiger partial charge in [-0.3, -0.25) is 4.79 Å². The van der Waals surface area contributed by atoms with E-state index in [0.717, 1.165) is 11.3 Å². The first kappa shape index (κ1) is 22.0. The second kappa shape index (κ2) is 9.48. The highest BCUT2D eigenvalue weighted by Crippen LogP contribution is 2.41. The molecule has 1 aliphatic rings. The lowest BCUT2D eigenvalue weighted by atomic mass is 9.99. The minimum atomic E-state index is -0.246. The van der Waals surface area contributed by atoms with Crippen LogP contribution in [0.5, 0.6) is 23.0 Å². The third kappa shape index (κ3) is 4.13. The van der Waals surface area contributed by atoms with Gasteiger partial charge in [-0.25, -0.2) is 0 Å². The van der Waals surface area contributed by atoms with E-state index >= 15 is 0 Å². The number of carbonyl (C=O) groups is 1. The molecule has 0 saturated carbocycles. The Hall–Kier alpha value is -4.26. The topological polar surface area (TPSA) is 69.6 Å². The molecule has 3 aromatic rings. The Morgan fingerprint density at radius 2 is 1.45 bits per heavy atom. The zero-order chi connectivity index (χ0) is 23.4. The van der Waals surface area contributed by atoms with Gasteiger partial charge in [-0.1, -0.05) is 18.2 Å². The predicted octanol–water partition coefficient (Wildman–Crippen LogP) is 4.56. The van der Waals surface area contributed by atoms with Crippen molar-refractivity contribution in [3.8, 4) is 23.0 Å². The number of hydrazone groups is 1. The second-order valence-corrected chi connectivity index (χ2v) is 7.11. The standard InChI is InChI=1S/C26H24N2O5/c1-30-20-13-10-17(11-14-20)23-21(26(29)28(27-23)19-8-6-5-7-9-19)16-18-12-15-22(31-2)25(33-4)24(18)32-3/h5-16H,1-4H3. The highest BCUT2D eigenvalue weighted by molar-refractivity contribution is 6.37. The molecule has 0 aromatic heterocycles. The predicted molar refractivity (Wildman–Crippen MR) is 128 cm³/mol. The number of hydrogen-bond donors (Lipinski definition) is 0. The van der Waals surface area contributed by atoms with E-state index in [4.69, 9.17) is 18.9 Å². The molecule has 0 fully saturated rings. The number of carbonyl (C=O) groups excluding carboxylic acids is 1. The van der Waals surface area contributed by atoms with Gasteiger partial charge in [-0.15, -0.1) is 0 Å². The van der Waals surface area contributed by atoms with Gasteiger partial charge in [0.25, 0.3) is 5.91 Å². The van der Waals surface area contributed by atoms with E-state index in [0.29, 0.717) is 39.8 Å². The molecule has 33 heavy (non-hydrogen) atoms. The number of rotatable bonds is 7. The molecule has 1 heterocycles. The van der Waals surface area contributed by atoms with E-state index in [1.54, 1.807) is 40.6 Å². The smallest absolute Gasteiger partial charge is 0.281 e. The number of ether oxygens (including phenoxy) is 4. The minimum Gasteiger partial charge on any atom is -0.497 e. The first-order chi connectivity index (χ1) is 16.1. The normalized spacial score (nSPS) is 14.3. The number of para-hydroxylation sites is 1. The molecule has 0 saturated heterocycles. The Labute approximate surface area is 192 Å². The van der Waals surface area contributed by atoms with E-state index in [2.05, 4.69) is 5.10 Å². The van der Waals surface area contributed by atoms with Crippen LogP contribution in [0.15, 0.2) is 77.4 Å². The van der Waals surface area contributed by atoms with Crippen LogP contribution in [0.2, 0.25) is 0 Å². The average Bonchev–Trinajstić information content (AvgIpc) is 3.19. The van der Waals surface area contributed by atoms with Crippen molar-refractivity contribution >= 4 is 23.4 Å². The van der Waals surface area contributed by atoms with Crippen LogP contribution in [0, 0.1) is 0 Å². The van der Waals surface area contributed by atoms with Crippen LogP contribution in [0.1, 0.15) is 11.1 Å². The maximum Gasteiger partial charge on any atom is 0.281 e. The molecule has 3 aromatic carbocycles. The number of nitrogens with zero attached hydrogens (tertiary/aromatic N) is 2. The molecule has 0 N–H and O–H groups in total. The molecule has 4 rings (SSSR count). The van der Waals surface area contributed by atoms with Crippen molar-refractivity contribution in [1.82, 2.24) is 0 Å². The van der Waals surface area contributed by atoms with Crippen molar-refractivity contribution in [3.05, 3.63) is 83.4 Å². The van der Waals surface area contributed by atoms with Gasteiger partial charge in [0.1, 0.15) is 11.5 Å². The molecule has 0 spiro atoms. The van der Waals surface area contributed by atoms with Gasteiger partial charge in [0.15, 0.2) is 11.5 Å². The SMILES string of the molecule is COc1ccc(C2=NN(c3ccccc3)C(=O)C2=Cc2ccc(OC)c(OC)c2OC)cc1. The molecule has 0 aliphatic carbocycles. The fraction of sp³-hybridized carbons (Fsp3) is 0.154. The highest BCUT2D eigenvalue weighted by Gasteiger charge is 2.32. The summed E-state index contributed by atoms with van der Waals surface area (Å²) < 4.78 is 21.8. The van der Waals surface area contributed by atoms with E-state index < -0.39 is 0 Å². The molecule has 0 unspecified atom stereocenters. The summed E-state index contributed by atoms with van der Waals surface area (Å²) in [6, 6.07) is 20.3. The van der Waals surface area contributed by atoms with Crippen molar-refractivity contribution in [1.29, 1.82) is 0 Å². The lowest BCUT2D eigenvalue weighted by molar-refractivity contribution is -0.114. The summed E-state index contributed by atoms with van der Waals surface area (Å²) in [5.41, 5.74) is 3.09. The minimum absolute atomic E-state index is 0.246. The van der Waals surface area contributed by atoms with Crippen LogP contribution < -0.4 is 24.0 Å². The number of amides is 1. The molecular weight excluding hydrogens is 420 g/mol. The quantitative estimate of drug-likeness (QED) is 0.500. The molecule has 0 radical (unpaired) electrons. The molecule has 7 heteroatoms. The van der Waals surface area contributed by atoms with Crippen LogP contribution in [-0.2, 0) is 4.79 Å². The number of methoxy groups -OCH3 is 4. The highest BCUT2D eigenvalue weighted by atomic mass is 16.5. The molecule has 1 aliphatic heterocycles. The Morgan fingerprint density at radius 3 is 2.06 bits per heavy atom. The van der Waals surface area contributed by atoms with E-state index in [1.807, 2.05) is 60.7 Å². The number of anilines is 1. The van der Waals surface area contributed by atoms with Crippen molar-refractivity contribution in [2.75, 3.05) is 33.4 Å². The summed E-state index contributed by atoms with van der Waals surface area (Å²) >= 11 is 0. The Morgan fingerprint density at radius 1 is 0.758 bits per heavy atom. The summed E-state index contributed by atoms with van der Waals surface area (Å²) in [6.45, 7) is 0. The third-order valence-electron chi connectivity index (χ3n) is 5.28. The van der Waals surface area contributed by atoms with Gasteiger partial charge in [0.05, 0.1) is 39.7 Å². The van der Waals surface area contributed by atoms with Gasteiger partial charge >= 0.3 is 0 Å². The van der Waals surface area contributed by atoms with Crippen molar-refractivity contribution in [2.45, 2.75) is 0 Å². The van der Waals surface area contributed by atoms with Gasteiger partial charge in [0, 0.05) is 11.1 Å². The van der Waals surface area contributed by atoms with Crippen LogP contribution in [-0.4, -0.2) is 40.1 Å². The zero-order valence-corrected chi connectivity index (χ0v) is 18.9. The Kier molecular flexibility index (Phi) is 6.31. The maximum atomic E-state index is 13.5. The third-order valence-corrected chi connectivity index (χ3v) is 5.28. The summed E-state index contributed by atoms with van der Waals surface area (Å²) in [5.74, 6) is 1.91. The molecule has 0 bridgehead atoms. The van der Waals surface area contributed by atoms with Gasteiger partial charge in [0.2, 0.25) is 5.75 Å². The number of hydrogen-bond acceptors (Lipinski definition) is 6. The fourth-order valence-corrected chi connectivity index (χ4v) is 3.64. The summed E-state index contributed by atoms with van der Waals surface area (Å²) in [6.07, 6.45) is 1.76. The van der Waals surface area contributed by atoms with E-state index in [1.165, 1.54) is 5.01 Å². The van der Waals surface area contributed by atoms with Crippen LogP contribution >= 0.6 is 0 Å². The van der Waals surface area contributed by atoms with Crippen molar-refractivity contribution in [2.24, 2.45) is 5.10 Å². The lowest BCUT2D eigenvalue weighted by Crippen LogP contribution is -2.21. The van der Waals surface area contributed by atoms with Crippen LogP contribution in [0.25, 0.3) is 6.08 Å². The Balaban J connectivity index is 1.87. The molecule has 168 valence electrons. The van der Waals surface area contributed by atoms with Gasteiger partial charge < -0.3 is 18.9 Å². The molecule has 0 atom stereocenters. The maximum absolute atomic E-state index is 13.5. The monoisotopic (exact) mass is 444 g/mol. The van der Waals surface area contributed by atoms with Crippen LogP contribution in [0.4, 0.5) is 5.69 Å². The first-order valence-corrected chi connectivity index (χ1v) is 10.2. The first-order valence-electron chi connectivity index (χ1n) is 10.2. The van der Waals surface area contributed by atoms with E-state index in [-0.39, 0.29) is 5.91 Å². The van der Waals surface area contributed by atoms with Gasteiger partial charge in [-0.2, -0.15) is 10.1 Å².